The van der Waals surface area contributed by atoms with Crippen LogP contribution >= 0.6 is 0 Å². The van der Waals surface area contributed by atoms with Gasteiger partial charge in [-0.3, -0.25) is 0 Å². The molecule has 0 spiro atoms. The third-order valence-corrected chi connectivity index (χ3v) is 1.88. The van der Waals surface area contributed by atoms with Crippen molar-refractivity contribution < 1.29 is 0 Å². The Morgan fingerprint density at radius 3 is 2.00 bits per heavy atom. The quantitative estimate of drug-likeness (QED) is 0.492. The number of hydrogen-bond donors (Lipinski definition) is 0. The van der Waals surface area contributed by atoms with Gasteiger partial charge in [-0.1, -0.05) is 46.2 Å². The maximum atomic E-state index is 2.33. The number of rotatable bonds is 3. The van der Waals surface area contributed by atoms with Gasteiger partial charge in [-0.2, -0.15) is 0 Å². The molecule has 0 radical (unpaired) electrons. The van der Waals surface area contributed by atoms with E-state index in [2.05, 4.69) is 27.6 Å². The molecule has 48 valence electrons. The first kappa shape index (κ1) is 8.06. The van der Waals surface area contributed by atoms with Crippen LogP contribution in [0.15, 0.2) is 0 Å². The lowest BCUT2D eigenvalue weighted by Crippen LogP contribution is -2.09. The van der Waals surface area contributed by atoms with Crippen LogP contribution in [0.3, 0.4) is 0 Å². The van der Waals surface area contributed by atoms with Gasteiger partial charge < -0.3 is 0 Å². The molecule has 1 heteroatoms. The van der Waals surface area contributed by atoms with Crippen LogP contribution in [0.25, 0.3) is 0 Å². The predicted molar refractivity (Wildman–Crippen MR) is 41.8 cm³/mol. The summed E-state index contributed by atoms with van der Waals surface area (Å²) in [5, 5.41) is 0. The van der Waals surface area contributed by atoms with Crippen LogP contribution in [0.2, 0.25) is 19.0 Å². The minimum atomic E-state index is 0.870. The van der Waals surface area contributed by atoms with Crippen LogP contribution in [0, 0.1) is 0 Å². The average Bonchev–Trinajstić information content (AvgIpc) is 1.67. The topological polar surface area (TPSA) is 0 Å². The van der Waals surface area contributed by atoms with Crippen LogP contribution in [0.5, 0.6) is 0 Å². The molecule has 0 aliphatic carbocycles. The second kappa shape index (κ2) is 4.00. The summed E-state index contributed by atoms with van der Waals surface area (Å²) in [6.07, 6.45) is 2.72. The van der Waals surface area contributed by atoms with E-state index in [1.807, 2.05) is 0 Å². The molecule has 0 N–H and O–H groups in total. The maximum Gasteiger partial charge on any atom is 0.139 e. The molecule has 0 nitrogen and oxygen atoms in total. The summed E-state index contributed by atoms with van der Waals surface area (Å²) in [5.41, 5.74) is 0. The van der Waals surface area contributed by atoms with Gasteiger partial charge in [-0.05, 0) is 0 Å². The Morgan fingerprint density at radius 1 is 1.38 bits per heavy atom. The molecule has 0 aliphatic rings. The minimum Gasteiger partial charge on any atom is -0.0859 e. The summed E-state index contributed by atoms with van der Waals surface area (Å²) in [7, 11) is 0. The Labute approximate surface area is 53.8 Å². The monoisotopic (exact) mass is 112 g/mol. The van der Waals surface area contributed by atoms with Crippen LogP contribution in [0.4, 0.5) is 0 Å². The standard InChI is InChI=1S/C7H17B/c1-5-6-8(4)7(2)3/h7H,5-6H2,1-4H3. The molecule has 0 aromatic heterocycles. The summed E-state index contributed by atoms with van der Waals surface area (Å²) >= 11 is 0. The molecule has 0 unspecified atom stereocenters. The third-order valence-electron chi connectivity index (χ3n) is 1.88. The molecule has 0 bridgehead atoms. The Hall–Kier alpha value is 0.0649. The van der Waals surface area contributed by atoms with Gasteiger partial charge in [0, 0.05) is 0 Å². The molecule has 0 aromatic carbocycles. The molecule has 8 heavy (non-hydrogen) atoms. The lowest BCUT2D eigenvalue weighted by Gasteiger charge is -2.08. The average molecular weight is 112 g/mol. The Morgan fingerprint density at radius 2 is 1.88 bits per heavy atom. The van der Waals surface area contributed by atoms with E-state index in [0.29, 0.717) is 0 Å². The minimum absolute atomic E-state index is 0.870. The van der Waals surface area contributed by atoms with Crippen molar-refractivity contribution >= 4 is 6.71 Å². The van der Waals surface area contributed by atoms with Gasteiger partial charge in [0.2, 0.25) is 0 Å². The SMILES string of the molecule is CCCB(C)C(C)C. The first-order valence-electron chi connectivity index (χ1n) is 3.68. The first-order valence-corrected chi connectivity index (χ1v) is 3.68. The highest BCUT2D eigenvalue weighted by atomic mass is 13.8. The smallest absolute Gasteiger partial charge is 0.0859 e. The van der Waals surface area contributed by atoms with Crippen LogP contribution in [-0.2, 0) is 0 Å². The molecule has 0 saturated carbocycles. The maximum absolute atomic E-state index is 2.33. The highest BCUT2D eigenvalue weighted by molar-refractivity contribution is 6.58. The molecule has 0 aromatic rings. The molecule has 0 saturated heterocycles. The molecule has 0 heterocycles. The third kappa shape index (κ3) is 3.12. The van der Waals surface area contributed by atoms with E-state index in [-0.39, 0.29) is 0 Å². The molecule has 0 aliphatic heterocycles. The van der Waals surface area contributed by atoms with Gasteiger partial charge >= 0.3 is 0 Å². The lowest BCUT2D eigenvalue weighted by atomic mass is 9.41. The second-order valence-corrected chi connectivity index (χ2v) is 3.01. The van der Waals surface area contributed by atoms with Gasteiger partial charge in [0.05, 0.1) is 0 Å². The van der Waals surface area contributed by atoms with Gasteiger partial charge in [0.1, 0.15) is 6.71 Å². The Bertz CT molecular complexity index is 50.3. The molecular weight excluding hydrogens is 94.9 g/mol. The van der Waals surface area contributed by atoms with Crippen molar-refractivity contribution in [3.63, 3.8) is 0 Å². The zero-order valence-electron chi connectivity index (χ0n) is 6.57. The van der Waals surface area contributed by atoms with Crippen molar-refractivity contribution in [2.45, 2.75) is 46.2 Å². The lowest BCUT2D eigenvalue weighted by molar-refractivity contribution is 0.976. The fourth-order valence-electron chi connectivity index (χ4n) is 0.789. The van der Waals surface area contributed by atoms with Crippen molar-refractivity contribution in [1.82, 2.24) is 0 Å². The summed E-state index contributed by atoms with van der Waals surface area (Å²) in [5.74, 6) is 0.870. The molecule has 0 fully saturated rings. The largest absolute Gasteiger partial charge is 0.139 e. The summed E-state index contributed by atoms with van der Waals surface area (Å²) < 4.78 is 0. The van der Waals surface area contributed by atoms with Gasteiger partial charge in [-0.25, -0.2) is 0 Å². The Kier molecular flexibility index (Phi) is 4.03. The second-order valence-electron chi connectivity index (χ2n) is 3.01. The number of hydrogen-bond acceptors (Lipinski definition) is 0. The first-order chi connectivity index (χ1) is 3.68. The highest BCUT2D eigenvalue weighted by Gasteiger charge is 2.08. The van der Waals surface area contributed by atoms with Gasteiger partial charge in [-0.15, -0.1) is 0 Å². The zero-order chi connectivity index (χ0) is 6.57. The zero-order valence-corrected chi connectivity index (χ0v) is 6.57. The van der Waals surface area contributed by atoms with E-state index >= 15 is 0 Å². The van der Waals surface area contributed by atoms with E-state index in [0.717, 1.165) is 12.5 Å². The van der Waals surface area contributed by atoms with Crippen molar-refractivity contribution in [2.75, 3.05) is 0 Å². The van der Waals surface area contributed by atoms with Crippen molar-refractivity contribution in [3.8, 4) is 0 Å². The van der Waals surface area contributed by atoms with Crippen LogP contribution in [-0.4, -0.2) is 6.71 Å². The van der Waals surface area contributed by atoms with Crippen LogP contribution in [0.1, 0.15) is 27.2 Å². The normalized spacial score (nSPS) is 10.1. The van der Waals surface area contributed by atoms with E-state index in [4.69, 9.17) is 0 Å². The van der Waals surface area contributed by atoms with E-state index < -0.39 is 0 Å². The van der Waals surface area contributed by atoms with E-state index in [1.54, 1.807) is 0 Å². The van der Waals surface area contributed by atoms with Crippen molar-refractivity contribution in [3.05, 3.63) is 0 Å². The molecule has 0 amide bonds. The van der Waals surface area contributed by atoms with Crippen molar-refractivity contribution in [1.29, 1.82) is 0 Å². The van der Waals surface area contributed by atoms with E-state index in [9.17, 15) is 0 Å². The molecular formula is C7H17B. The molecule has 0 rings (SSSR count). The fraction of sp³-hybridized carbons (Fsp3) is 1.00. The fourth-order valence-corrected chi connectivity index (χ4v) is 0.789. The molecule has 0 atom stereocenters. The van der Waals surface area contributed by atoms with Crippen LogP contribution < -0.4 is 0 Å². The summed E-state index contributed by atoms with van der Waals surface area (Å²) in [4.78, 5) is 0. The Balaban J connectivity index is 3.17. The van der Waals surface area contributed by atoms with E-state index in [1.165, 1.54) is 12.7 Å². The predicted octanol–water partition coefficient (Wildman–Crippen LogP) is 2.93. The highest BCUT2D eigenvalue weighted by Crippen LogP contribution is 2.11. The van der Waals surface area contributed by atoms with Gasteiger partial charge in [0.15, 0.2) is 0 Å². The van der Waals surface area contributed by atoms with Crippen molar-refractivity contribution in [2.24, 2.45) is 0 Å². The summed E-state index contributed by atoms with van der Waals surface area (Å²) in [6, 6.07) is 0. The summed E-state index contributed by atoms with van der Waals surface area (Å²) in [6.45, 7) is 10.1. The van der Waals surface area contributed by atoms with Gasteiger partial charge in [0.25, 0.3) is 0 Å².